The lowest BCUT2D eigenvalue weighted by molar-refractivity contribution is -0.110. The van der Waals surface area contributed by atoms with Crippen LogP contribution < -0.4 is 9.47 Å². The number of hydrogen-bond donors (Lipinski definition) is 0. The third-order valence-electron chi connectivity index (χ3n) is 4.61. The van der Waals surface area contributed by atoms with Crippen LogP contribution in [0.4, 0.5) is 0 Å². The van der Waals surface area contributed by atoms with Gasteiger partial charge in [-0.1, -0.05) is 35.1 Å². The average molecular weight is 429 g/mol. The summed E-state index contributed by atoms with van der Waals surface area (Å²) < 4.78 is 11.1. The number of ether oxygens (including phenoxy) is 2. The SMILES string of the molecule is COc1cc(C(CC=C(C)C)SC(=O)CC=C(C)C)c(OC)c2c1C(=O)C=CC2=O. The zero-order valence-corrected chi connectivity index (χ0v) is 19.1. The molecule has 1 atom stereocenters. The molecule has 1 aromatic rings. The third-order valence-corrected chi connectivity index (χ3v) is 5.77. The predicted octanol–water partition coefficient (Wildman–Crippen LogP) is 5.65. The Morgan fingerprint density at radius 1 is 0.967 bits per heavy atom. The second-order valence-electron chi connectivity index (χ2n) is 7.49. The molecule has 2 rings (SSSR count). The summed E-state index contributed by atoms with van der Waals surface area (Å²) in [5.41, 5.74) is 3.26. The number of carbonyl (C=O) groups is 3. The summed E-state index contributed by atoms with van der Waals surface area (Å²) >= 11 is 1.21. The zero-order valence-electron chi connectivity index (χ0n) is 18.3. The van der Waals surface area contributed by atoms with Gasteiger partial charge in [-0.2, -0.15) is 0 Å². The Balaban J connectivity index is 2.62. The van der Waals surface area contributed by atoms with Gasteiger partial charge in [0.25, 0.3) is 0 Å². The highest BCUT2D eigenvalue weighted by atomic mass is 32.2. The van der Waals surface area contributed by atoms with Crippen molar-refractivity contribution >= 4 is 28.4 Å². The molecule has 1 aliphatic carbocycles. The van der Waals surface area contributed by atoms with E-state index >= 15 is 0 Å². The van der Waals surface area contributed by atoms with Crippen molar-refractivity contribution in [2.45, 2.75) is 45.8 Å². The van der Waals surface area contributed by atoms with E-state index in [9.17, 15) is 14.4 Å². The highest BCUT2D eigenvalue weighted by Crippen LogP contribution is 2.45. The molecule has 0 amide bonds. The Morgan fingerprint density at radius 2 is 1.57 bits per heavy atom. The molecule has 6 heteroatoms. The normalized spacial score (nSPS) is 13.4. The summed E-state index contributed by atoms with van der Waals surface area (Å²) in [6.45, 7) is 7.88. The lowest BCUT2D eigenvalue weighted by Crippen LogP contribution is -2.17. The summed E-state index contributed by atoms with van der Waals surface area (Å²) in [4.78, 5) is 37.7. The molecule has 5 nitrogen and oxygen atoms in total. The van der Waals surface area contributed by atoms with Crippen molar-refractivity contribution in [3.05, 3.63) is 58.2 Å². The lowest BCUT2D eigenvalue weighted by Gasteiger charge is -2.24. The third kappa shape index (κ3) is 5.51. The minimum absolute atomic E-state index is 0.0180. The van der Waals surface area contributed by atoms with E-state index in [2.05, 4.69) is 0 Å². The van der Waals surface area contributed by atoms with Gasteiger partial charge in [0.2, 0.25) is 0 Å². The zero-order chi connectivity index (χ0) is 22.4. The second-order valence-corrected chi connectivity index (χ2v) is 8.75. The van der Waals surface area contributed by atoms with Crippen LogP contribution in [0, 0.1) is 0 Å². The smallest absolute Gasteiger partial charge is 0.193 e. The summed E-state index contributed by atoms with van der Waals surface area (Å²) in [6, 6.07) is 1.71. The standard InChI is InChI=1S/C24H28O5S/c1-14(2)7-11-20(30-21(27)12-8-15(3)4)16-13-19(28-5)22-17(25)9-10-18(26)23(22)24(16)29-6/h7-10,13,20H,11-12H2,1-6H3. The van der Waals surface area contributed by atoms with Gasteiger partial charge < -0.3 is 9.47 Å². The van der Waals surface area contributed by atoms with Gasteiger partial charge in [-0.3, -0.25) is 14.4 Å². The van der Waals surface area contributed by atoms with Gasteiger partial charge in [-0.25, -0.2) is 0 Å². The van der Waals surface area contributed by atoms with E-state index in [0.29, 0.717) is 29.9 Å². The molecule has 0 N–H and O–H groups in total. The van der Waals surface area contributed by atoms with Crippen LogP contribution in [0.3, 0.4) is 0 Å². The van der Waals surface area contributed by atoms with Crippen molar-refractivity contribution in [3.63, 3.8) is 0 Å². The van der Waals surface area contributed by atoms with Crippen LogP contribution in [0.25, 0.3) is 0 Å². The number of allylic oxidation sites excluding steroid dienone is 6. The van der Waals surface area contributed by atoms with Crippen LogP contribution in [-0.4, -0.2) is 30.9 Å². The summed E-state index contributed by atoms with van der Waals surface area (Å²) in [5.74, 6) is 0.00841. The largest absolute Gasteiger partial charge is 0.496 e. The van der Waals surface area contributed by atoms with Gasteiger partial charge in [0.05, 0.1) is 25.3 Å². The molecule has 0 aliphatic heterocycles. The van der Waals surface area contributed by atoms with Gasteiger partial charge in [0.1, 0.15) is 11.5 Å². The minimum Gasteiger partial charge on any atom is -0.496 e. The van der Waals surface area contributed by atoms with Crippen LogP contribution in [-0.2, 0) is 4.79 Å². The number of ketones is 2. The maximum absolute atomic E-state index is 12.7. The van der Waals surface area contributed by atoms with Crippen LogP contribution in [0.15, 0.2) is 41.5 Å². The first-order chi connectivity index (χ1) is 14.2. The molecular formula is C24H28O5S. The van der Waals surface area contributed by atoms with E-state index in [1.54, 1.807) is 6.07 Å². The Morgan fingerprint density at radius 3 is 2.10 bits per heavy atom. The molecule has 0 saturated carbocycles. The molecule has 160 valence electrons. The highest BCUT2D eigenvalue weighted by molar-refractivity contribution is 8.13. The quantitative estimate of drug-likeness (QED) is 0.498. The van der Waals surface area contributed by atoms with Crippen molar-refractivity contribution in [1.29, 1.82) is 0 Å². The fourth-order valence-corrected chi connectivity index (χ4v) is 4.14. The average Bonchev–Trinajstić information content (AvgIpc) is 2.70. The van der Waals surface area contributed by atoms with E-state index in [-0.39, 0.29) is 33.1 Å². The van der Waals surface area contributed by atoms with Crippen molar-refractivity contribution in [2.75, 3.05) is 14.2 Å². The first-order valence-corrected chi connectivity index (χ1v) is 10.6. The number of carbonyl (C=O) groups excluding carboxylic acids is 3. The van der Waals surface area contributed by atoms with Crippen LogP contribution in [0.2, 0.25) is 0 Å². The lowest BCUT2D eigenvalue weighted by atomic mass is 9.89. The van der Waals surface area contributed by atoms with Crippen molar-refractivity contribution in [3.8, 4) is 11.5 Å². The molecule has 1 aromatic carbocycles. The summed E-state index contributed by atoms with van der Waals surface area (Å²) in [7, 11) is 2.93. The topological polar surface area (TPSA) is 69.7 Å². The molecule has 1 aliphatic rings. The van der Waals surface area contributed by atoms with Crippen molar-refractivity contribution < 1.29 is 23.9 Å². The van der Waals surface area contributed by atoms with Crippen LogP contribution >= 0.6 is 11.8 Å². The molecule has 0 heterocycles. The molecule has 0 radical (unpaired) electrons. The first-order valence-electron chi connectivity index (χ1n) is 9.71. The second kappa shape index (κ2) is 10.4. The number of benzene rings is 1. The monoisotopic (exact) mass is 428 g/mol. The van der Waals surface area contributed by atoms with Gasteiger partial charge >= 0.3 is 0 Å². The molecule has 1 unspecified atom stereocenters. The number of methoxy groups -OCH3 is 2. The van der Waals surface area contributed by atoms with Crippen molar-refractivity contribution in [2.24, 2.45) is 0 Å². The molecule has 0 saturated heterocycles. The van der Waals surface area contributed by atoms with E-state index < -0.39 is 0 Å². The maximum Gasteiger partial charge on any atom is 0.193 e. The molecule has 0 bridgehead atoms. The van der Waals surface area contributed by atoms with Gasteiger partial charge in [0.15, 0.2) is 16.7 Å². The summed E-state index contributed by atoms with van der Waals surface area (Å²) in [6.07, 6.45) is 7.32. The number of rotatable bonds is 8. The molecule has 0 spiro atoms. The Bertz CT molecular complexity index is 945. The van der Waals surface area contributed by atoms with E-state index in [4.69, 9.17) is 9.47 Å². The maximum atomic E-state index is 12.7. The Labute approximate surface area is 182 Å². The first kappa shape index (κ1) is 23.7. The number of thioether (sulfide) groups is 1. The molecule has 0 fully saturated rings. The Hall–Kier alpha value is -2.60. The number of fused-ring (bicyclic) bond motifs is 1. The van der Waals surface area contributed by atoms with Crippen molar-refractivity contribution in [1.82, 2.24) is 0 Å². The van der Waals surface area contributed by atoms with Gasteiger partial charge in [-0.05, 0) is 52.3 Å². The van der Waals surface area contributed by atoms with Gasteiger partial charge in [-0.15, -0.1) is 0 Å². The van der Waals surface area contributed by atoms with E-state index in [1.165, 1.54) is 38.1 Å². The van der Waals surface area contributed by atoms with Crippen LogP contribution in [0.5, 0.6) is 11.5 Å². The summed E-state index contributed by atoms with van der Waals surface area (Å²) in [5, 5.41) is -0.273. The highest BCUT2D eigenvalue weighted by Gasteiger charge is 2.32. The minimum atomic E-state index is -0.316. The Kier molecular flexibility index (Phi) is 8.24. The van der Waals surface area contributed by atoms with E-state index in [0.717, 1.165) is 11.1 Å². The predicted molar refractivity (Wildman–Crippen MR) is 121 cm³/mol. The molecule has 0 aromatic heterocycles. The van der Waals surface area contributed by atoms with Gasteiger partial charge in [0, 0.05) is 17.2 Å². The fourth-order valence-electron chi connectivity index (χ4n) is 3.15. The number of hydrogen-bond acceptors (Lipinski definition) is 6. The molecule has 30 heavy (non-hydrogen) atoms. The van der Waals surface area contributed by atoms with E-state index in [1.807, 2.05) is 39.8 Å². The fraction of sp³-hybridized carbons (Fsp3) is 0.375. The van der Waals surface area contributed by atoms with Crippen LogP contribution in [0.1, 0.15) is 72.1 Å². The molecular weight excluding hydrogens is 400 g/mol.